The molecule has 0 aliphatic heterocycles. The Labute approximate surface area is 94.0 Å². The lowest BCUT2D eigenvalue weighted by Crippen LogP contribution is -1.75. The molecule has 13 heavy (non-hydrogen) atoms. The third kappa shape index (κ3) is 1.90. The molecule has 0 aliphatic carbocycles. The monoisotopic (exact) mass is 196 g/mol. The summed E-state index contributed by atoms with van der Waals surface area (Å²) in [6, 6.07) is -2.62. The van der Waals surface area contributed by atoms with E-state index < -0.39 is 36.3 Å². The van der Waals surface area contributed by atoms with Gasteiger partial charge in [-0.15, -0.1) is 0 Å². The fraction of sp³-hybridized carbons (Fsp3) is 0. The molecule has 0 aromatic heterocycles. The van der Waals surface area contributed by atoms with Crippen molar-refractivity contribution in [2.24, 2.45) is 0 Å². The van der Waals surface area contributed by atoms with Crippen LogP contribution in [0.1, 0.15) is 11.0 Å². The van der Waals surface area contributed by atoms with Crippen LogP contribution in [0.2, 0.25) is 5.02 Å². The largest absolute Gasteiger partial charge is 0.0843 e. The highest BCUT2D eigenvalue weighted by Gasteiger charge is 1.95. The van der Waals surface area contributed by atoms with Gasteiger partial charge in [-0.3, -0.25) is 0 Å². The molecule has 0 unspecified atom stereocenters. The molecule has 0 N–H and O–H groups in total. The lowest BCUT2D eigenvalue weighted by Gasteiger charge is -2.00. The summed E-state index contributed by atoms with van der Waals surface area (Å²) in [5.74, 6) is 0. The first-order chi connectivity index (χ1) is 9.68. The van der Waals surface area contributed by atoms with E-state index >= 15 is 0 Å². The Morgan fingerprint density at radius 3 is 2.38 bits per heavy atom. The smallest absolute Gasteiger partial charge is 0.0645 e. The molecule has 0 radical (unpaired) electrons. The van der Waals surface area contributed by atoms with Crippen molar-refractivity contribution in [1.82, 2.24) is 0 Å². The van der Waals surface area contributed by atoms with Gasteiger partial charge in [-0.2, -0.15) is 0 Å². The van der Waals surface area contributed by atoms with E-state index in [1.54, 1.807) is 0 Å². The zero-order valence-corrected chi connectivity index (χ0v) is 7.21. The third-order valence-electron chi connectivity index (χ3n) is 1.39. The van der Waals surface area contributed by atoms with Crippen molar-refractivity contribution < 1.29 is 11.0 Å². The zero-order valence-electron chi connectivity index (χ0n) is 14.5. The quantitative estimate of drug-likeness (QED) is 0.647. The fourth-order valence-corrected chi connectivity index (χ4v) is 1.01. The van der Waals surface area contributed by atoms with Gasteiger partial charge < -0.3 is 0 Å². The standard InChI is InChI=1S/C12H9Cl/c13-12-8-4-7-11(9-12)10-5-2-1-3-6-10/h1-9H/i1D,2D,3D,4D,5D,6D,7D,9D. The van der Waals surface area contributed by atoms with Crippen LogP contribution in [-0.4, -0.2) is 0 Å². The average molecular weight is 197 g/mol. The number of rotatable bonds is 1. The van der Waals surface area contributed by atoms with Crippen LogP contribution in [0.15, 0.2) is 54.4 Å². The van der Waals surface area contributed by atoms with Gasteiger partial charge in [-0.05, 0) is 23.2 Å². The van der Waals surface area contributed by atoms with Crippen LogP contribution in [0.25, 0.3) is 11.1 Å². The molecule has 0 bridgehead atoms. The molecular weight excluding hydrogens is 180 g/mol. The van der Waals surface area contributed by atoms with Crippen molar-refractivity contribution in [3.8, 4) is 11.1 Å². The van der Waals surface area contributed by atoms with Gasteiger partial charge in [0.15, 0.2) is 0 Å². The maximum Gasteiger partial charge on any atom is 0.0645 e. The molecule has 0 aliphatic rings. The van der Waals surface area contributed by atoms with E-state index in [0.717, 1.165) is 6.07 Å². The van der Waals surface area contributed by atoms with Crippen LogP contribution >= 0.6 is 11.6 Å². The second-order valence-corrected chi connectivity index (χ2v) is 2.67. The van der Waals surface area contributed by atoms with Gasteiger partial charge in [0.05, 0.1) is 11.0 Å². The van der Waals surface area contributed by atoms with E-state index in [0.29, 0.717) is 0 Å². The molecule has 2 aromatic rings. The summed E-state index contributed by atoms with van der Waals surface area (Å²) < 4.78 is 61.9. The molecule has 64 valence electrons. The highest BCUT2D eigenvalue weighted by molar-refractivity contribution is 6.30. The molecule has 0 saturated heterocycles. The Bertz CT molecular complexity index is 701. The Kier molecular flexibility index (Phi) is 0.877. The van der Waals surface area contributed by atoms with Crippen LogP contribution in [0.5, 0.6) is 0 Å². The van der Waals surface area contributed by atoms with E-state index in [2.05, 4.69) is 0 Å². The summed E-state index contributed by atoms with van der Waals surface area (Å²) in [7, 11) is 0. The minimum Gasteiger partial charge on any atom is -0.0843 e. The second kappa shape index (κ2) is 3.63. The summed E-state index contributed by atoms with van der Waals surface area (Å²) in [5, 5.41) is -0.113. The van der Waals surface area contributed by atoms with Gasteiger partial charge >= 0.3 is 0 Å². The normalized spacial score (nSPS) is 18.5. The molecule has 0 spiro atoms. The minimum absolute atomic E-state index is 0.113. The van der Waals surface area contributed by atoms with Crippen molar-refractivity contribution in [2.75, 3.05) is 0 Å². The number of halogens is 1. The predicted molar refractivity (Wildman–Crippen MR) is 56.9 cm³/mol. The van der Waals surface area contributed by atoms with Crippen LogP contribution in [0.4, 0.5) is 0 Å². The molecule has 0 atom stereocenters. The Balaban J connectivity index is 3.00. The summed E-state index contributed by atoms with van der Waals surface area (Å²) in [5.41, 5.74) is -0.517. The zero-order chi connectivity index (χ0) is 16.1. The van der Waals surface area contributed by atoms with Gasteiger partial charge in [0.1, 0.15) is 0 Å². The van der Waals surface area contributed by atoms with Gasteiger partial charge in [0.25, 0.3) is 0 Å². The fourth-order valence-electron chi connectivity index (χ4n) is 0.858. The van der Waals surface area contributed by atoms with Gasteiger partial charge in [0, 0.05) is 5.02 Å². The maximum atomic E-state index is 7.89. The summed E-state index contributed by atoms with van der Waals surface area (Å²) in [6.07, 6.45) is 0. The SMILES string of the molecule is [2H]c1cc(Cl)c([2H])c(-c2c([2H])c([2H])c([2H])c([2H])c2[2H])c1[2H]. The maximum absolute atomic E-state index is 7.89. The second-order valence-electron chi connectivity index (χ2n) is 2.26. The number of hydrogen-bond donors (Lipinski definition) is 0. The average Bonchev–Trinajstić information content (AvgIpc) is 2.44. The number of benzene rings is 2. The molecule has 2 aromatic carbocycles. The first-order valence-electron chi connectivity index (χ1n) is 7.52. The number of hydrogen-bond acceptors (Lipinski definition) is 0. The first-order valence-corrected chi connectivity index (χ1v) is 3.89. The molecule has 2 rings (SSSR count). The summed E-state index contributed by atoms with van der Waals surface area (Å²) >= 11 is 5.81. The van der Waals surface area contributed by atoms with E-state index in [1.807, 2.05) is 0 Å². The summed E-state index contributed by atoms with van der Waals surface area (Å²) in [6.45, 7) is 0. The van der Waals surface area contributed by atoms with Gasteiger partial charge in [-0.25, -0.2) is 0 Å². The lowest BCUT2D eigenvalue weighted by atomic mass is 10.1. The Morgan fingerprint density at radius 2 is 1.62 bits per heavy atom. The highest BCUT2D eigenvalue weighted by Crippen LogP contribution is 2.21. The van der Waals surface area contributed by atoms with Crippen LogP contribution in [-0.2, 0) is 0 Å². The molecule has 0 heterocycles. The van der Waals surface area contributed by atoms with E-state index in [-0.39, 0.29) is 28.2 Å². The molecule has 0 nitrogen and oxygen atoms in total. The van der Waals surface area contributed by atoms with Crippen LogP contribution in [0.3, 0.4) is 0 Å². The molecule has 0 fully saturated rings. The van der Waals surface area contributed by atoms with Crippen LogP contribution < -0.4 is 0 Å². The van der Waals surface area contributed by atoms with Crippen molar-refractivity contribution in [1.29, 1.82) is 0 Å². The molecule has 1 heteroatoms. The van der Waals surface area contributed by atoms with Crippen molar-refractivity contribution in [2.45, 2.75) is 0 Å². The first kappa shape index (κ1) is 3.14. The van der Waals surface area contributed by atoms with Crippen molar-refractivity contribution in [3.63, 3.8) is 0 Å². The van der Waals surface area contributed by atoms with Gasteiger partial charge in [-0.1, -0.05) is 53.9 Å². The van der Waals surface area contributed by atoms with E-state index in [4.69, 9.17) is 22.6 Å². The Morgan fingerprint density at radius 1 is 0.923 bits per heavy atom. The highest BCUT2D eigenvalue weighted by atomic mass is 35.5. The summed E-state index contributed by atoms with van der Waals surface area (Å²) in [4.78, 5) is 0. The molecular formula is C12H9Cl. The van der Waals surface area contributed by atoms with E-state index in [9.17, 15) is 0 Å². The Hall–Kier alpha value is -1.27. The topological polar surface area (TPSA) is 0 Å². The van der Waals surface area contributed by atoms with Crippen LogP contribution in [0, 0.1) is 0 Å². The van der Waals surface area contributed by atoms with E-state index in [1.165, 1.54) is 0 Å². The van der Waals surface area contributed by atoms with Gasteiger partial charge in [0.2, 0.25) is 0 Å². The third-order valence-corrected chi connectivity index (χ3v) is 1.59. The molecule has 0 saturated carbocycles. The minimum atomic E-state index is -0.559. The lowest BCUT2D eigenvalue weighted by molar-refractivity contribution is 1.62. The predicted octanol–water partition coefficient (Wildman–Crippen LogP) is 4.01. The van der Waals surface area contributed by atoms with Crippen molar-refractivity contribution >= 4 is 11.6 Å². The van der Waals surface area contributed by atoms with Crippen molar-refractivity contribution in [3.05, 3.63) is 59.4 Å². The molecule has 0 amide bonds.